The maximum atomic E-state index is 12.0. The van der Waals surface area contributed by atoms with Gasteiger partial charge in [-0.3, -0.25) is 9.59 Å². The van der Waals surface area contributed by atoms with Crippen LogP contribution >= 0.6 is 0 Å². The molecule has 1 atom stereocenters. The molecule has 1 aromatic heterocycles. The summed E-state index contributed by atoms with van der Waals surface area (Å²) in [7, 11) is 0. The van der Waals surface area contributed by atoms with E-state index in [1.165, 1.54) is 4.57 Å². The van der Waals surface area contributed by atoms with E-state index in [1.54, 1.807) is 32.2 Å². The Bertz CT molecular complexity index is 423. The highest BCUT2D eigenvalue weighted by Crippen LogP contribution is 2.08. The number of hydrogen-bond donors (Lipinski definition) is 1. The van der Waals surface area contributed by atoms with Gasteiger partial charge in [-0.2, -0.15) is 0 Å². The molecule has 1 aromatic rings. The van der Waals surface area contributed by atoms with Crippen LogP contribution in [0, 0.1) is 0 Å². The molecule has 4 nitrogen and oxygen atoms in total. The number of nitrogens with zero attached hydrogens (tertiary/aromatic N) is 1. The Labute approximate surface area is 95.3 Å². The molecule has 0 saturated carbocycles. The van der Waals surface area contributed by atoms with Gasteiger partial charge in [-0.05, 0) is 26.0 Å². The Morgan fingerprint density at radius 1 is 1.50 bits per heavy atom. The molecule has 88 valence electrons. The molecule has 0 amide bonds. The Hall–Kier alpha value is -1.58. The van der Waals surface area contributed by atoms with E-state index < -0.39 is 6.04 Å². The molecule has 0 aromatic carbocycles. The van der Waals surface area contributed by atoms with Crippen molar-refractivity contribution in [2.24, 2.45) is 0 Å². The molecule has 16 heavy (non-hydrogen) atoms. The van der Waals surface area contributed by atoms with Gasteiger partial charge in [0.2, 0.25) is 0 Å². The number of ketones is 1. The number of carbonyl (C=O) groups is 1. The lowest BCUT2D eigenvalue weighted by Crippen LogP contribution is -2.29. The lowest BCUT2D eigenvalue weighted by atomic mass is 10.1. The minimum Gasteiger partial charge on any atom is -0.381 e. The van der Waals surface area contributed by atoms with E-state index in [-0.39, 0.29) is 11.3 Å². The molecule has 0 aliphatic rings. The van der Waals surface area contributed by atoms with Crippen LogP contribution in [-0.2, 0) is 4.79 Å². The number of aromatic nitrogens is 1. The van der Waals surface area contributed by atoms with Crippen molar-refractivity contribution in [2.75, 3.05) is 11.9 Å². The highest BCUT2D eigenvalue weighted by atomic mass is 16.1. The first-order chi connectivity index (χ1) is 7.61. The van der Waals surface area contributed by atoms with E-state index in [2.05, 4.69) is 5.32 Å². The van der Waals surface area contributed by atoms with Crippen LogP contribution < -0.4 is 10.9 Å². The fraction of sp³-hybridized carbons (Fsp3) is 0.500. The smallest absolute Gasteiger partial charge is 0.274 e. The maximum Gasteiger partial charge on any atom is 0.274 e. The van der Waals surface area contributed by atoms with Crippen LogP contribution in [0.2, 0.25) is 0 Å². The fourth-order valence-corrected chi connectivity index (χ4v) is 1.59. The Morgan fingerprint density at radius 3 is 2.75 bits per heavy atom. The van der Waals surface area contributed by atoms with Gasteiger partial charge in [0.05, 0.1) is 6.04 Å². The predicted octanol–water partition coefficient (Wildman–Crippen LogP) is 1.82. The van der Waals surface area contributed by atoms with Crippen LogP contribution in [-0.4, -0.2) is 16.9 Å². The zero-order chi connectivity index (χ0) is 12.1. The zero-order valence-corrected chi connectivity index (χ0v) is 9.99. The molecule has 0 spiro atoms. The average molecular weight is 222 g/mol. The number of pyridine rings is 1. The molecule has 4 heteroatoms. The minimum atomic E-state index is -0.392. The summed E-state index contributed by atoms with van der Waals surface area (Å²) in [6.07, 6.45) is 2.10. The van der Waals surface area contributed by atoms with Crippen LogP contribution in [0.4, 0.5) is 5.69 Å². The average Bonchev–Trinajstić information content (AvgIpc) is 2.30. The lowest BCUT2D eigenvalue weighted by molar-refractivity contribution is -0.121. The van der Waals surface area contributed by atoms with Gasteiger partial charge in [-0.15, -0.1) is 0 Å². The van der Waals surface area contributed by atoms with E-state index in [1.807, 2.05) is 6.92 Å². The maximum absolute atomic E-state index is 12.0. The van der Waals surface area contributed by atoms with Gasteiger partial charge in [0.1, 0.15) is 5.69 Å². The molecule has 1 rings (SSSR count). The van der Waals surface area contributed by atoms with E-state index in [0.29, 0.717) is 18.7 Å². The van der Waals surface area contributed by atoms with Crippen LogP contribution in [0.3, 0.4) is 0 Å². The van der Waals surface area contributed by atoms with Gasteiger partial charge in [0.15, 0.2) is 5.78 Å². The van der Waals surface area contributed by atoms with Crippen molar-refractivity contribution in [1.29, 1.82) is 0 Å². The van der Waals surface area contributed by atoms with Crippen molar-refractivity contribution in [1.82, 2.24) is 4.57 Å². The Kier molecular flexibility index (Phi) is 4.28. The number of anilines is 1. The predicted molar refractivity (Wildman–Crippen MR) is 64.9 cm³/mol. The molecule has 1 heterocycles. The van der Waals surface area contributed by atoms with E-state index in [9.17, 15) is 9.59 Å². The monoisotopic (exact) mass is 222 g/mol. The van der Waals surface area contributed by atoms with Gasteiger partial charge in [0, 0.05) is 19.2 Å². The Balaban J connectivity index is 3.10. The molecular weight excluding hydrogens is 204 g/mol. The standard InChI is InChI=1S/C12H18N2O2/c1-4-11(15)9(3)14-8-6-7-10(12(14)16)13-5-2/h6-9,13H,4-5H2,1-3H3. The van der Waals surface area contributed by atoms with Gasteiger partial charge >= 0.3 is 0 Å². The summed E-state index contributed by atoms with van der Waals surface area (Å²) in [5.74, 6) is 0.0655. The van der Waals surface area contributed by atoms with Gasteiger partial charge in [0.25, 0.3) is 5.56 Å². The van der Waals surface area contributed by atoms with Crippen molar-refractivity contribution in [3.63, 3.8) is 0 Å². The molecule has 0 aliphatic carbocycles. The van der Waals surface area contributed by atoms with Crippen LogP contribution in [0.1, 0.15) is 33.2 Å². The second-order valence-corrected chi connectivity index (χ2v) is 3.66. The summed E-state index contributed by atoms with van der Waals surface area (Å²) in [5, 5.41) is 2.98. The highest BCUT2D eigenvalue weighted by Gasteiger charge is 2.14. The van der Waals surface area contributed by atoms with Crippen molar-refractivity contribution >= 4 is 11.5 Å². The van der Waals surface area contributed by atoms with Gasteiger partial charge < -0.3 is 9.88 Å². The summed E-state index contributed by atoms with van der Waals surface area (Å²) in [5.41, 5.74) is 0.402. The van der Waals surface area contributed by atoms with E-state index in [4.69, 9.17) is 0 Å². The summed E-state index contributed by atoms with van der Waals surface area (Å²) >= 11 is 0. The normalized spacial score (nSPS) is 12.2. The number of rotatable bonds is 5. The number of hydrogen-bond acceptors (Lipinski definition) is 3. The third-order valence-electron chi connectivity index (χ3n) is 2.57. The summed E-state index contributed by atoms with van der Waals surface area (Å²) in [6, 6.07) is 3.11. The van der Waals surface area contributed by atoms with Crippen LogP contribution in [0.5, 0.6) is 0 Å². The molecular formula is C12H18N2O2. The Morgan fingerprint density at radius 2 is 2.19 bits per heavy atom. The van der Waals surface area contributed by atoms with Crippen LogP contribution in [0.15, 0.2) is 23.1 Å². The van der Waals surface area contributed by atoms with Crippen molar-refractivity contribution in [2.45, 2.75) is 33.2 Å². The molecule has 0 bridgehead atoms. The van der Waals surface area contributed by atoms with E-state index in [0.717, 1.165) is 0 Å². The second-order valence-electron chi connectivity index (χ2n) is 3.66. The molecule has 0 aliphatic heterocycles. The van der Waals surface area contributed by atoms with Crippen LogP contribution in [0.25, 0.3) is 0 Å². The molecule has 0 saturated heterocycles. The molecule has 0 fully saturated rings. The number of Topliss-reactive ketones (excluding diaryl/α,β-unsaturated/α-hetero) is 1. The summed E-state index contributed by atoms with van der Waals surface area (Å²) in [4.78, 5) is 23.5. The third kappa shape index (κ3) is 2.51. The van der Waals surface area contributed by atoms with Gasteiger partial charge in [-0.25, -0.2) is 0 Å². The first-order valence-electron chi connectivity index (χ1n) is 5.59. The summed E-state index contributed by atoms with van der Waals surface area (Å²) in [6.45, 7) is 6.17. The van der Waals surface area contributed by atoms with Crippen molar-refractivity contribution < 1.29 is 4.79 Å². The summed E-state index contributed by atoms with van der Waals surface area (Å²) < 4.78 is 1.48. The second kappa shape index (κ2) is 5.49. The zero-order valence-electron chi connectivity index (χ0n) is 9.99. The van der Waals surface area contributed by atoms with E-state index >= 15 is 0 Å². The quantitative estimate of drug-likeness (QED) is 0.826. The van der Waals surface area contributed by atoms with Crippen molar-refractivity contribution in [3.05, 3.63) is 28.7 Å². The first-order valence-corrected chi connectivity index (χ1v) is 5.59. The first kappa shape index (κ1) is 12.5. The fourth-order valence-electron chi connectivity index (χ4n) is 1.59. The SMILES string of the molecule is CCNc1cccn(C(C)C(=O)CC)c1=O. The number of carbonyl (C=O) groups excluding carboxylic acids is 1. The highest BCUT2D eigenvalue weighted by molar-refractivity contribution is 5.81. The third-order valence-corrected chi connectivity index (χ3v) is 2.57. The largest absolute Gasteiger partial charge is 0.381 e. The topological polar surface area (TPSA) is 51.1 Å². The molecule has 0 radical (unpaired) electrons. The lowest BCUT2D eigenvalue weighted by Gasteiger charge is -2.14. The number of nitrogens with one attached hydrogen (secondary N) is 1. The van der Waals surface area contributed by atoms with Gasteiger partial charge in [-0.1, -0.05) is 6.92 Å². The molecule has 1 unspecified atom stereocenters. The molecule has 1 N–H and O–H groups in total. The van der Waals surface area contributed by atoms with Crippen molar-refractivity contribution in [3.8, 4) is 0 Å². The minimum absolute atomic E-state index is 0.0655.